The Labute approximate surface area is 99.3 Å². The molecule has 0 saturated heterocycles. The van der Waals surface area contributed by atoms with Crippen molar-refractivity contribution in [2.45, 2.75) is 6.54 Å². The number of nitrogens with zero attached hydrogens (tertiary/aromatic N) is 1. The number of amides is 1. The SMILES string of the molecule is CSCCN(C)Cc1cc(C(=O)NN)co1. The van der Waals surface area contributed by atoms with Crippen molar-refractivity contribution in [1.29, 1.82) is 0 Å². The Hall–Kier alpha value is -0.980. The van der Waals surface area contributed by atoms with Gasteiger partial charge in [0.05, 0.1) is 12.1 Å². The van der Waals surface area contributed by atoms with Crippen molar-refractivity contribution in [3.8, 4) is 0 Å². The third-order valence-electron chi connectivity index (χ3n) is 2.15. The number of rotatable bonds is 6. The van der Waals surface area contributed by atoms with Crippen molar-refractivity contribution in [3.05, 3.63) is 23.7 Å². The molecular formula is C10H17N3O2S. The number of hydrogen-bond acceptors (Lipinski definition) is 5. The van der Waals surface area contributed by atoms with Crippen LogP contribution in [0.2, 0.25) is 0 Å². The van der Waals surface area contributed by atoms with Crippen LogP contribution in [0, 0.1) is 0 Å². The molecule has 0 fully saturated rings. The van der Waals surface area contributed by atoms with Crippen molar-refractivity contribution in [1.82, 2.24) is 10.3 Å². The highest BCUT2D eigenvalue weighted by molar-refractivity contribution is 7.98. The Bertz CT molecular complexity index is 341. The van der Waals surface area contributed by atoms with Gasteiger partial charge in [-0.05, 0) is 19.4 Å². The molecule has 0 aromatic carbocycles. The van der Waals surface area contributed by atoms with Crippen molar-refractivity contribution in [2.24, 2.45) is 5.84 Å². The first kappa shape index (κ1) is 13.1. The number of thioether (sulfide) groups is 1. The Morgan fingerprint density at radius 3 is 3.06 bits per heavy atom. The maximum absolute atomic E-state index is 11.2. The summed E-state index contributed by atoms with van der Waals surface area (Å²) in [6, 6.07) is 1.71. The summed E-state index contributed by atoms with van der Waals surface area (Å²) in [5.41, 5.74) is 2.52. The number of hydrogen-bond donors (Lipinski definition) is 2. The summed E-state index contributed by atoms with van der Waals surface area (Å²) in [5, 5.41) is 0. The summed E-state index contributed by atoms with van der Waals surface area (Å²) in [6.07, 6.45) is 3.49. The van der Waals surface area contributed by atoms with Gasteiger partial charge in [0.1, 0.15) is 12.0 Å². The summed E-state index contributed by atoms with van der Waals surface area (Å²) in [6.45, 7) is 1.68. The Morgan fingerprint density at radius 2 is 2.44 bits per heavy atom. The van der Waals surface area contributed by atoms with Crippen LogP contribution in [0.15, 0.2) is 16.7 Å². The zero-order chi connectivity index (χ0) is 12.0. The van der Waals surface area contributed by atoms with E-state index in [9.17, 15) is 4.79 Å². The Balaban J connectivity index is 2.48. The van der Waals surface area contributed by atoms with Gasteiger partial charge in [0.15, 0.2) is 0 Å². The van der Waals surface area contributed by atoms with Crippen molar-refractivity contribution in [3.63, 3.8) is 0 Å². The first-order valence-corrected chi connectivity index (χ1v) is 6.32. The average Bonchev–Trinajstić information content (AvgIpc) is 2.73. The standard InChI is InChI=1S/C10H17N3O2S/c1-13(3-4-16-2)6-9-5-8(7-15-9)10(14)12-11/h5,7H,3-4,6,11H2,1-2H3,(H,12,14). The Kier molecular flexibility index (Phi) is 5.37. The molecule has 0 saturated carbocycles. The predicted molar refractivity (Wildman–Crippen MR) is 65.1 cm³/mol. The van der Waals surface area contributed by atoms with Crippen LogP contribution >= 0.6 is 11.8 Å². The van der Waals surface area contributed by atoms with Crippen LogP contribution < -0.4 is 11.3 Å². The van der Waals surface area contributed by atoms with Gasteiger partial charge < -0.3 is 4.42 Å². The van der Waals surface area contributed by atoms with Gasteiger partial charge in [-0.3, -0.25) is 15.1 Å². The van der Waals surface area contributed by atoms with Crippen LogP contribution in [0.4, 0.5) is 0 Å². The highest BCUT2D eigenvalue weighted by Crippen LogP contribution is 2.10. The van der Waals surface area contributed by atoms with Crippen LogP contribution in [0.25, 0.3) is 0 Å². The molecule has 1 aromatic rings. The molecule has 5 nitrogen and oxygen atoms in total. The maximum Gasteiger partial charge on any atom is 0.268 e. The highest BCUT2D eigenvalue weighted by atomic mass is 32.2. The average molecular weight is 243 g/mol. The minimum absolute atomic E-state index is 0.332. The van der Waals surface area contributed by atoms with E-state index in [1.54, 1.807) is 17.8 Å². The minimum Gasteiger partial charge on any atom is -0.467 e. The molecule has 0 aliphatic rings. The predicted octanol–water partition coefficient (Wildman–Crippen LogP) is 0.678. The molecule has 16 heavy (non-hydrogen) atoms. The molecule has 3 N–H and O–H groups in total. The van der Waals surface area contributed by atoms with E-state index < -0.39 is 0 Å². The normalized spacial score (nSPS) is 10.8. The summed E-state index contributed by atoms with van der Waals surface area (Å²) in [4.78, 5) is 13.3. The van der Waals surface area contributed by atoms with E-state index in [1.165, 1.54) is 6.26 Å². The number of hydrazine groups is 1. The van der Waals surface area contributed by atoms with Gasteiger partial charge in [0.25, 0.3) is 5.91 Å². The lowest BCUT2D eigenvalue weighted by Gasteiger charge is -2.13. The lowest BCUT2D eigenvalue weighted by atomic mass is 10.3. The molecule has 1 aromatic heterocycles. The van der Waals surface area contributed by atoms with Gasteiger partial charge in [0, 0.05) is 12.3 Å². The second kappa shape index (κ2) is 6.57. The minimum atomic E-state index is -0.332. The number of furan rings is 1. The zero-order valence-electron chi connectivity index (χ0n) is 9.53. The largest absolute Gasteiger partial charge is 0.467 e. The van der Waals surface area contributed by atoms with Gasteiger partial charge in [-0.1, -0.05) is 0 Å². The van der Waals surface area contributed by atoms with Gasteiger partial charge >= 0.3 is 0 Å². The zero-order valence-corrected chi connectivity index (χ0v) is 10.3. The first-order chi connectivity index (χ1) is 7.67. The monoisotopic (exact) mass is 243 g/mol. The lowest BCUT2D eigenvalue weighted by molar-refractivity contribution is 0.0953. The third-order valence-corrected chi connectivity index (χ3v) is 2.74. The number of nitrogens with one attached hydrogen (secondary N) is 1. The molecule has 90 valence electrons. The maximum atomic E-state index is 11.2. The number of nitrogens with two attached hydrogens (primary N) is 1. The topological polar surface area (TPSA) is 71.5 Å². The van der Waals surface area contributed by atoms with Gasteiger partial charge in [-0.25, -0.2) is 5.84 Å². The molecule has 0 spiro atoms. The van der Waals surface area contributed by atoms with E-state index >= 15 is 0 Å². The second-order valence-corrected chi connectivity index (χ2v) is 4.49. The highest BCUT2D eigenvalue weighted by Gasteiger charge is 2.09. The fourth-order valence-corrected chi connectivity index (χ4v) is 1.75. The summed E-state index contributed by atoms with van der Waals surface area (Å²) in [7, 11) is 2.02. The van der Waals surface area contributed by atoms with Gasteiger partial charge in [0.2, 0.25) is 0 Å². The number of nitrogen functional groups attached to an aromatic ring is 1. The smallest absolute Gasteiger partial charge is 0.268 e. The fraction of sp³-hybridized carbons (Fsp3) is 0.500. The van der Waals surface area contributed by atoms with E-state index in [0.29, 0.717) is 12.1 Å². The summed E-state index contributed by atoms with van der Waals surface area (Å²) < 4.78 is 5.27. The molecule has 1 rings (SSSR count). The fourth-order valence-electron chi connectivity index (χ4n) is 1.26. The van der Waals surface area contributed by atoms with E-state index in [0.717, 1.165) is 18.1 Å². The second-order valence-electron chi connectivity index (χ2n) is 3.51. The van der Waals surface area contributed by atoms with E-state index in [1.807, 2.05) is 7.05 Å². The summed E-state index contributed by atoms with van der Waals surface area (Å²) in [5.74, 6) is 6.54. The van der Waals surface area contributed by atoms with Gasteiger partial charge in [-0.15, -0.1) is 0 Å². The van der Waals surface area contributed by atoms with Crippen molar-refractivity contribution in [2.75, 3.05) is 25.6 Å². The number of carbonyl (C=O) groups excluding carboxylic acids is 1. The molecule has 0 bridgehead atoms. The molecule has 1 heterocycles. The molecule has 0 aliphatic carbocycles. The van der Waals surface area contributed by atoms with Crippen LogP contribution in [-0.4, -0.2) is 36.4 Å². The summed E-state index contributed by atoms with van der Waals surface area (Å²) >= 11 is 1.80. The van der Waals surface area contributed by atoms with Crippen LogP contribution in [0.3, 0.4) is 0 Å². The van der Waals surface area contributed by atoms with Gasteiger partial charge in [-0.2, -0.15) is 11.8 Å². The molecule has 0 unspecified atom stereocenters. The molecule has 1 amide bonds. The molecule has 6 heteroatoms. The first-order valence-electron chi connectivity index (χ1n) is 4.93. The van der Waals surface area contributed by atoms with Crippen molar-refractivity contribution < 1.29 is 9.21 Å². The Morgan fingerprint density at radius 1 is 1.69 bits per heavy atom. The molecule has 0 aliphatic heterocycles. The number of carbonyl (C=O) groups is 1. The quantitative estimate of drug-likeness (QED) is 0.437. The molecule has 0 radical (unpaired) electrons. The lowest BCUT2D eigenvalue weighted by Crippen LogP contribution is -2.29. The van der Waals surface area contributed by atoms with Crippen LogP contribution in [0.1, 0.15) is 16.1 Å². The molecule has 0 atom stereocenters. The van der Waals surface area contributed by atoms with E-state index in [2.05, 4.69) is 16.6 Å². The van der Waals surface area contributed by atoms with E-state index in [-0.39, 0.29) is 5.91 Å². The van der Waals surface area contributed by atoms with E-state index in [4.69, 9.17) is 10.3 Å². The third kappa shape index (κ3) is 3.88. The molecular weight excluding hydrogens is 226 g/mol. The van der Waals surface area contributed by atoms with Crippen LogP contribution in [-0.2, 0) is 6.54 Å². The van der Waals surface area contributed by atoms with Crippen LogP contribution in [0.5, 0.6) is 0 Å². The van der Waals surface area contributed by atoms with Crippen molar-refractivity contribution >= 4 is 17.7 Å².